The number of alkyl carbamates (subject to hydrolysis) is 2. The summed E-state index contributed by atoms with van der Waals surface area (Å²) >= 11 is 0. The molecule has 5 rings (SSSR count). The Labute approximate surface area is 368 Å². The Morgan fingerprint density at radius 2 is 0.984 bits per heavy atom. The Bertz CT molecular complexity index is 1960. The van der Waals surface area contributed by atoms with Crippen molar-refractivity contribution in [3.8, 4) is 0 Å². The van der Waals surface area contributed by atoms with E-state index in [1.54, 1.807) is 65.8 Å². The summed E-state index contributed by atoms with van der Waals surface area (Å²) in [6, 6.07) is 20.6. The summed E-state index contributed by atoms with van der Waals surface area (Å²) in [7, 11) is 2.41. The van der Waals surface area contributed by atoms with Crippen LogP contribution in [0.25, 0.3) is 0 Å². The van der Waals surface area contributed by atoms with Gasteiger partial charge in [0.2, 0.25) is 23.6 Å². The number of anilines is 3. The molecule has 3 aromatic carbocycles. The molecule has 6 N–H and O–H groups in total. The highest BCUT2D eigenvalue weighted by Crippen LogP contribution is 2.29. The highest BCUT2D eigenvalue weighted by atomic mass is 16.5. The molecule has 0 aliphatic carbocycles. The van der Waals surface area contributed by atoms with Gasteiger partial charge >= 0.3 is 12.2 Å². The molecule has 6 atom stereocenters. The van der Waals surface area contributed by atoms with Gasteiger partial charge in [-0.15, -0.1) is 0 Å². The largest absolute Gasteiger partial charge is 0.453 e. The number of aliphatic hydroxyl groups excluding tert-OH is 2. The van der Waals surface area contributed by atoms with Crippen LogP contribution in [0.15, 0.2) is 78.9 Å². The summed E-state index contributed by atoms with van der Waals surface area (Å²) in [4.78, 5) is 83.5. The summed E-state index contributed by atoms with van der Waals surface area (Å²) in [5.41, 5.74) is 2.47. The number of carbonyl (C=O) groups is 6. The highest BCUT2D eigenvalue weighted by molar-refractivity contribution is 6.00. The first-order valence-electron chi connectivity index (χ1n) is 20.9. The van der Waals surface area contributed by atoms with E-state index in [-0.39, 0.29) is 25.9 Å². The van der Waals surface area contributed by atoms with E-state index < -0.39 is 83.0 Å². The Hall–Kier alpha value is -6.20. The zero-order chi connectivity index (χ0) is 46.2. The molecule has 0 bridgehead atoms. The maximum Gasteiger partial charge on any atom is 0.407 e. The smallest absolute Gasteiger partial charge is 0.407 e. The molecule has 3 aromatic rings. The topological polar surface area (TPSA) is 219 Å². The monoisotopic (exact) mass is 871 g/mol. The van der Waals surface area contributed by atoms with Gasteiger partial charge in [-0.05, 0) is 58.4 Å². The lowest BCUT2D eigenvalue weighted by molar-refractivity contribution is -0.140. The van der Waals surface area contributed by atoms with Crippen LogP contribution in [0.1, 0.15) is 65.5 Å². The van der Waals surface area contributed by atoms with Gasteiger partial charge in [0.15, 0.2) is 0 Å². The normalized spacial score (nSPS) is 19.7. The summed E-state index contributed by atoms with van der Waals surface area (Å²) in [6.45, 7) is 11.6. The zero-order valence-corrected chi connectivity index (χ0v) is 37.2. The first-order valence-corrected chi connectivity index (χ1v) is 20.9. The van der Waals surface area contributed by atoms with Crippen molar-refractivity contribution in [1.82, 2.24) is 20.4 Å². The van der Waals surface area contributed by atoms with E-state index in [1.807, 2.05) is 54.6 Å². The number of amides is 6. The van der Waals surface area contributed by atoms with Crippen molar-refractivity contribution in [3.63, 3.8) is 0 Å². The number of aliphatic hydroxyl groups is 2. The highest BCUT2D eigenvalue weighted by Gasteiger charge is 2.46. The maximum absolute atomic E-state index is 13.7. The first kappa shape index (κ1) is 47.8. The minimum absolute atomic E-state index is 0.0457. The van der Waals surface area contributed by atoms with Crippen LogP contribution >= 0.6 is 0 Å². The van der Waals surface area contributed by atoms with Gasteiger partial charge < -0.3 is 55.7 Å². The number of likely N-dealkylation sites (tertiary alicyclic amines) is 2. The Balaban J connectivity index is 1.24. The summed E-state index contributed by atoms with van der Waals surface area (Å²) in [5, 5.41) is 31.9. The van der Waals surface area contributed by atoms with Gasteiger partial charge in [-0.25, -0.2) is 9.59 Å². The zero-order valence-electron chi connectivity index (χ0n) is 37.2. The van der Waals surface area contributed by atoms with E-state index in [1.165, 1.54) is 24.0 Å². The van der Waals surface area contributed by atoms with E-state index in [0.29, 0.717) is 24.5 Å². The summed E-state index contributed by atoms with van der Waals surface area (Å²) in [5.74, 6) is -1.91. The van der Waals surface area contributed by atoms with Crippen LogP contribution in [0.5, 0.6) is 0 Å². The fourth-order valence-corrected chi connectivity index (χ4v) is 7.75. The molecule has 0 unspecified atom stereocenters. The van der Waals surface area contributed by atoms with Crippen molar-refractivity contribution in [2.45, 2.75) is 104 Å². The van der Waals surface area contributed by atoms with E-state index in [2.05, 4.69) is 26.2 Å². The van der Waals surface area contributed by atoms with Crippen molar-refractivity contribution in [2.24, 2.45) is 10.8 Å². The molecule has 2 saturated heterocycles. The van der Waals surface area contributed by atoms with E-state index in [0.717, 1.165) is 16.8 Å². The minimum atomic E-state index is -0.995. The van der Waals surface area contributed by atoms with Gasteiger partial charge in [-0.1, -0.05) is 84.0 Å². The lowest BCUT2D eigenvalue weighted by Gasteiger charge is -2.34. The molecule has 17 heteroatoms. The Kier molecular flexibility index (Phi) is 15.4. The fraction of sp³-hybridized carbons (Fsp3) is 0.478. The first-order chi connectivity index (χ1) is 29.7. The lowest BCUT2D eigenvalue weighted by atomic mass is 9.85. The molecule has 340 valence electrons. The maximum atomic E-state index is 13.7. The second-order valence-corrected chi connectivity index (χ2v) is 18.2. The van der Waals surface area contributed by atoms with Gasteiger partial charge in [-0.2, -0.15) is 0 Å². The number of para-hydroxylation sites is 1. The van der Waals surface area contributed by atoms with Crippen LogP contribution in [-0.4, -0.2) is 120 Å². The number of benzene rings is 3. The van der Waals surface area contributed by atoms with Gasteiger partial charge in [0.05, 0.1) is 26.4 Å². The predicted octanol–water partition coefficient (Wildman–Crippen LogP) is 4.24. The van der Waals surface area contributed by atoms with Crippen LogP contribution in [0, 0.1) is 10.8 Å². The molecule has 63 heavy (non-hydrogen) atoms. The second-order valence-electron chi connectivity index (χ2n) is 18.2. The Morgan fingerprint density at radius 1 is 0.619 bits per heavy atom. The van der Waals surface area contributed by atoms with Crippen LogP contribution in [0.3, 0.4) is 0 Å². The molecule has 0 radical (unpaired) electrons. The molecular weight excluding hydrogens is 811 g/mol. The van der Waals surface area contributed by atoms with E-state index in [9.17, 15) is 39.0 Å². The summed E-state index contributed by atoms with van der Waals surface area (Å²) in [6.07, 6.45) is -3.28. The van der Waals surface area contributed by atoms with Gasteiger partial charge in [0, 0.05) is 56.1 Å². The van der Waals surface area contributed by atoms with E-state index in [4.69, 9.17) is 9.47 Å². The molecule has 6 amide bonds. The quantitative estimate of drug-likeness (QED) is 0.143. The molecule has 0 saturated carbocycles. The van der Waals surface area contributed by atoms with Crippen molar-refractivity contribution >= 4 is 52.9 Å². The van der Waals surface area contributed by atoms with Crippen molar-refractivity contribution in [1.29, 1.82) is 0 Å². The molecule has 2 aliphatic rings. The van der Waals surface area contributed by atoms with Gasteiger partial charge in [-0.3, -0.25) is 19.2 Å². The number of nitrogens with one attached hydrogen (secondary N) is 4. The molecule has 17 nitrogen and oxygen atoms in total. The predicted molar refractivity (Wildman–Crippen MR) is 236 cm³/mol. The molecule has 2 heterocycles. The number of nitrogens with zero attached hydrogens (tertiary/aromatic N) is 3. The van der Waals surface area contributed by atoms with Crippen LogP contribution in [-0.2, 0) is 41.7 Å². The molecule has 0 aromatic heterocycles. The third-order valence-corrected chi connectivity index (χ3v) is 11.2. The number of hydrogen-bond donors (Lipinski definition) is 6. The third-order valence-electron chi connectivity index (χ3n) is 11.2. The fourth-order valence-electron chi connectivity index (χ4n) is 7.75. The van der Waals surface area contributed by atoms with E-state index >= 15 is 0 Å². The van der Waals surface area contributed by atoms with Crippen molar-refractivity contribution in [2.75, 3.05) is 42.8 Å². The summed E-state index contributed by atoms with van der Waals surface area (Å²) < 4.78 is 9.45. The molecule has 2 aliphatic heterocycles. The lowest BCUT2D eigenvalue weighted by Crippen LogP contribution is -2.57. The van der Waals surface area contributed by atoms with Crippen LogP contribution < -0.4 is 26.2 Å². The molecule has 0 spiro atoms. The minimum Gasteiger partial charge on any atom is -0.453 e. The third kappa shape index (κ3) is 12.5. The number of methoxy groups -OCH3 is 2. The van der Waals surface area contributed by atoms with Crippen molar-refractivity contribution < 1.29 is 48.5 Å². The van der Waals surface area contributed by atoms with Gasteiger partial charge in [0.25, 0.3) is 0 Å². The number of carbonyl (C=O) groups excluding carboxylic acids is 6. The van der Waals surface area contributed by atoms with Gasteiger partial charge in [0.1, 0.15) is 24.2 Å². The molecular formula is C46H61N7O10. The molecule has 2 fully saturated rings. The standard InChI is InChI=1S/C46H61N7O10/c1-45(2,3)37(49-43(60)62-7)41(58)52-26-33(54)22-35(52)39(56)47-30-18-14-28(15-19-30)24-51(32-12-10-9-11-13-32)25-29-16-20-31(21-17-29)48-40(57)36-23-34(55)27-53(36)42(59)38(46(4,5)6)50-44(61)63-8/h9-21,33-38,54-55H,22-27H2,1-8H3,(H,47,56)(H,48,57)(H,49,60)(H,50,61)/t33-,34-,35+,36+,37-,38-/m1/s1. The number of hydrogen-bond acceptors (Lipinski definition) is 11. The SMILES string of the molecule is COC(=O)N[C@H](C(=O)N1C[C@H](O)C[C@H]1C(=O)Nc1ccc(CN(Cc2ccc(NC(=O)[C@@H]3C[C@@H](O)CN3C(=O)[C@@H](NC(=O)OC)C(C)(C)C)cc2)c2ccccc2)cc1)C(C)(C)C. The van der Waals surface area contributed by atoms with Crippen molar-refractivity contribution in [3.05, 3.63) is 90.0 Å². The average molecular weight is 872 g/mol. The second kappa shape index (κ2) is 20.3. The number of rotatable bonds is 13. The Morgan fingerprint density at radius 3 is 1.32 bits per heavy atom. The average Bonchev–Trinajstić information content (AvgIpc) is 3.84. The number of β-amino-alcohol motifs (C(OH)–C–C–N with tert-alkyl or cyclic N) is 2. The number of ether oxygens (including phenoxy) is 2. The van der Waals surface area contributed by atoms with Crippen LogP contribution in [0.4, 0.5) is 26.7 Å². The van der Waals surface area contributed by atoms with Crippen LogP contribution in [0.2, 0.25) is 0 Å².